The summed E-state index contributed by atoms with van der Waals surface area (Å²) >= 11 is 0. The molecule has 0 aromatic heterocycles. The van der Waals surface area contributed by atoms with Gasteiger partial charge in [-0.2, -0.15) is 0 Å². The van der Waals surface area contributed by atoms with Crippen LogP contribution in [-0.2, 0) is 9.53 Å². The highest BCUT2D eigenvalue weighted by molar-refractivity contribution is 5.75. The fourth-order valence-corrected chi connectivity index (χ4v) is 7.29. The molecular weight excluding hydrogens is 344 g/mol. The molecule has 4 rings (SSSR count). The molecule has 1 saturated heterocycles. The number of hydrogen-bond donors (Lipinski definition) is 0. The Labute approximate surface area is 173 Å². The van der Waals surface area contributed by atoms with E-state index in [0.29, 0.717) is 12.3 Å². The summed E-state index contributed by atoms with van der Waals surface area (Å²) in [5.74, 6) is 5.86. The van der Waals surface area contributed by atoms with Gasteiger partial charge in [-0.1, -0.05) is 45.4 Å². The van der Waals surface area contributed by atoms with E-state index < -0.39 is 0 Å². The number of esters is 1. The molecule has 0 N–H and O–H groups in total. The maximum atomic E-state index is 11.1. The van der Waals surface area contributed by atoms with Gasteiger partial charge in [-0.05, 0) is 99.7 Å². The zero-order valence-electron chi connectivity index (χ0n) is 18.4. The van der Waals surface area contributed by atoms with Crippen LogP contribution in [0.2, 0.25) is 0 Å². The van der Waals surface area contributed by atoms with E-state index in [0.717, 1.165) is 29.6 Å². The fourth-order valence-electron chi connectivity index (χ4n) is 7.29. The summed E-state index contributed by atoms with van der Waals surface area (Å²) < 4.78 is 5.34. The first-order valence-corrected chi connectivity index (χ1v) is 12.9. The van der Waals surface area contributed by atoms with Gasteiger partial charge in [-0.25, -0.2) is 0 Å². The number of hydrogen-bond acceptors (Lipinski definition) is 2. The van der Waals surface area contributed by atoms with Crippen LogP contribution in [0.15, 0.2) is 0 Å². The Bertz CT molecular complexity index is 469. The van der Waals surface area contributed by atoms with E-state index in [1.165, 1.54) is 103 Å². The molecule has 0 aromatic rings. The molecule has 1 heterocycles. The van der Waals surface area contributed by atoms with Crippen LogP contribution in [-0.4, -0.2) is 12.1 Å². The maximum Gasteiger partial charge on any atom is 0.309 e. The molecule has 28 heavy (non-hydrogen) atoms. The molecule has 2 heteroatoms. The number of rotatable bonds is 7. The normalized spacial score (nSPS) is 41.9. The lowest BCUT2D eigenvalue weighted by atomic mass is 9.64. The topological polar surface area (TPSA) is 26.3 Å². The summed E-state index contributed by atoms with van der Waals surface area (Å²) in [4.78, 5) is 11.1. The highest BCUT2D eigenvalue weighted by atomic mass is 16.6. The van der Waals surface area contributed by atoms with Gasteiger partial charge in [-0.15, -0.1) is 0 Å². The number of carbonyl (C=O) groups excluding carboxylic acids is 1. The second-order valence-corrected chi connectivity index (χ2v) is 10.9. The van der Waals surface area contributed by atoms with E-state index in [2.05, 4.69) is 6.92 Å². The van der Waals surface area contributed by atoms with Crippen molar-refractivity contribution in [2.24, 2.45) is 35.5 Å². The third-order valence-electron chi connectivity index (χ3n) is 9.25. The lowest BCUT2D eigenvalue weighted by Gasteiger charge is -2.43. The van der Waals surface area contributed by atoms with Gasteiger partial charge >= 0.3 is 5.97 Å². The third kappa shape index (κ3) is 5.14. The molecule has 0 radical (unpaired) electrons. The fraction of sp³-hybridized carbons (Fsp3) is 0.962. The zero-order chi connectivity index (χ0) is 19.3. The second-order valence-electron chi connectivity index (χ2n) is 10.9. The molecule has 0 bridgehead atoms. The average Bonchev–Trinajstić information content (AvgIpc) is 2.73. The van der Waals surface area contributed by atoms with Crippen molar-refractivity contribution < 1.29 is 9.53 Å². The van der Waals surface area contributed by atoms with Gasteiger partial charge in [0.2, 0.25) is 0 Å². The first-order valence-electron chi connectivity index (χ1n) is 12.9. The van der Waals surface area contributed by atoms with Crippen LogP contribution in [0.4, 0.5) is 0 Å². The minimum atomic E-state index is 0.0282. The van der Waals surface area contributed by atoms with Crippen molar-refractivity contribution in [2.75, 3.05) is 0 Å². The van der Waals surface area contributed by atoms with Crippen molar-refractivity contribution in [1.82, 2.24) is 0 Å². The Morgan fingerprint density at radius 3 is 1.54 bits per heavy atom. The predicted molar refractivity (Wildman–Crippen MR) is 115 cm³/mol. The van der Waals surface area contributed by atoms with Crippen LogP contribution in [0.5, 0.6) is 0 Å². The Kier molecular flexibility index (Phi) is 7.39. The van der Waals surface area contributed by atoms with E-state index in [9.17, 15) is 4.79 Å². The molecule has 4 fully saturated rings. The number of carbonyl (C=O) groups is 1. The molecule has 1 unspecified atom stereocenters. The van der Waals surface area contributed by atoms with Crippen LogP contribution in [0.1, 0.15) is 116 Å². The molecule has 1 atom stereocenters. The van der Waals surface area contributed by atoms with E-state index in [-0.39, 0.29) is 12.1 Å². The summed E-state index contributed by atoms with van der Waals surface area (Å²) in [6.45, 7) is 2.32. The summed E-state index contributed by atoms with van der Waals surface area (Å²) in [5.41, 5.74) is 0. The molecule has 4 aliphatic rings. The minimum Gasteiger partial charge on any atom is -0.461 e. The molecule has 0 amide bonds. The third-order valence-corrected chi connectivity index (χ3v) is 9.25. The minimum absolute atomic E-state index is 0.0282. The van der Waals surface area contributed by atoms with Crippen LogP contribution < -0.4 is 0 Å². The Balaban J connectivity index is 1.12. The van der Waals surface area contributed by atoms with Gasteiger partial charge in [0, 0.05) is 0 Å². The maximum absolute atomic E-state index is 11.1. The van der Waals surface area contributed by atoms with E-state index in [4.69, 9.17) is 4.74 Å². The lowest BCUT2D eigenvalue weighted by Crippen LogP contribution is -2.41. The summed E-state index contributed by atoms with van der Waals surface area (Å²) in [6.07, 6.45) is 24.4. The van der Waals surface area contributed by atoms with Gasteiger partial charge in [0.05, 0.1) is 6.42 Å². The lowest BCUT2D eigenvalue weighted by molar-refractivity contribution is -0.176. The van der Waals surface area contributed by atoms with Crippen molar-refractivity contribution >= 4 is 5.97 Å². The van der Waals surface area contributed by atoms with Gasteiger partial charge in [-0.3, -0.25) is 4.79 Å². The van der Waals surface area contributed by atoms with Crippen LogP contribution in [0, 0.1) is 35.5 Å². The van der Waals surface area contributed by atoms with Crippen LogP contribution in [0.3, 0.4) is 0 Å². The van der Waals surface area contributed by atoms with Crippen molar-refractivity contribution in [3.8, 4) is 0 Å². The molecule has 2 nitrogen and oxygen atoms in total. The van der Waals surface area contributed by atoms with Crippen molar-refractivity contribution in [1.29, 1.82) is 0 Å². The van der Waals surface area contributed by atoms with Crippen LogP contribution in [0.25, 0.3) is 0 Å². The highest BCUT2D eigenvalue weighted by Crippen LogP contribution is 2.47. The molecule has 3 saturated carbocycles. The summed E-state index contributed by atoms with van der Waals surface area (Å²) in [6, 6.07) is 0. The predicted octanol–water partition coefficient (Wildman–Crippen LogP) is 7.30. The van der Waals surface area contributed by atoms with E-state index in [1.54, 1.807) is 0 Å². The van der Waals surface area contributed by atoms with Gasteiger partial charge in [0.15, 0.2) is 0 Å². The Morgan fingerprint density at radius 2 is 1.11 bits per heavy atom. The largest absolute Gasteiger partial charge is 0.461 e. The quantitative estimate of drug-likeness (QED) is 0.338. The number of cyclic esters (lactones) is 1. The SMILES string of the molecule is CCCCCC1CCC(C2CCC(C3CCC(C4CC(=O)O4)CC3)CC2)CC1. The van der Waals surface area contributed by atoms with Gasteiger partial charge < -0.3 is 4.74 Å². The van der Waals surface area contributed by atoms with Gasteiger partial charge in [0.25, 0.3) is 0 Å². The van der Waals surface area contributed by atoms with Crippen LogP contribution >= 0.6 is 0 Å². The molecule has 0 aromatic carbocycles. The van der Waals surface area contributed by atoms with Gasteiger partial charge in [0.1, 0.15) is 6.10 Å². The van der Waals surface area contributed by atoms with Crippen molar-refractivity contribution in [3.63, 3.8) is 0 Å². The first kappa shape index (κ1) is 20.7. The van der Waals surface area contributed by atoms with E-state index in [1.807, 2.05) is 0 Å². The smallest absolute Gasteiger partial charge is 0.309 e. The molecular formula is C26H44O2. The summed E-state index contributed by atoms with van der Waals surface area (Å²) in [5, 5.41) is 0. The first-order chi connectivity index (χ1) is 13.7. The zero-order valence-corrected chi connectivity index (χ0v) is 18.4. The number of ether oxygens (including phenoxy) is 1. The number of unbranched alkanes of at least 4 members (excludes halogenated alkanes) is 2. The van der Waals surface area contributed by atoms with E-state index >= 15 is 0 Å². The summed E-state index contributed by atoms with van der Waals surface area (Å²) in [7, 11) is 0. The Morgan fingerprint density at radius 1 is 0.679 bits per heavy atom. The molecule has 160 valence electrons. The monoisotopic (exact) mass is 388 g/mol. The van der Waals surface area contributed by atoms with Crippen molar-refractivity contribution in [2.45, 2.75) is 122 Å². The molecule has 1 aliphatic heterocycles. The standard InChI is InChI=1S/C26H44O2/c1-2-3-4-5-19-6-8-20(9-7-19)21-10-12-22(13-11-21)23-14-16-24(17-15-23)25-18-26(27)28-25/h19-25H,2-18H2,1H3. The van der Waals surface area contributed by atoms with Crippen molar-refractivity contribution in [3.05, 3.63) is 0 Å². The second kappa shape index (κ2) is 9.98. The highest BCUT2D eigenvalue weighted by Gasteiger charge is 2.40. The molecule has 3 aliphatic carbocycles. The Hall–Kier alpha value is -0.530. The molecule has 0 spiro atoms. The average molecular weight is 389 g/mol.